The van der Waals surface area contributed by atoms with Crippen molar-refractivity contribution in [3.05, 3.63) is 70.5 Å². The number of aromatic nitrogens is 1. The molecule has 0 saturated heterocycles. The second-order valence-corrected chi connectivity index (χ2v) is 7.17. The molecule has 112 valence electrons. The van der Waals surface area contributed by atoms with Crippen LogP contribution in [-0.2, 0) is 11.2 Å². The third-order valence-electron chi connectivity index (χ3n) is 3.62. The van der Waals surface area contributed by atoms with Gasteiger partial charge < -0.3 is 0 Å². The Balaban J connectivity index is 2.06. The summed E-state index contributed by atoms with van der Waals surface area (Å²) in [7, 11) is 1.61. The number of hydrogen-bond acceptors (Lipinski definition) is 2. The molecule has 4 nitrogen and oxygen atoms in total. The van der Waals surface area contributed by atoms with Crippen LogP contribution in [0, 0.1) is 0 Å². The van der Waals surface area contributed by atoms with E-state index < -0.39 is 6.04 Å². The molecule has 0 radical (unpaired) electrons. The fourth-order valence-electron chi connectivity index (χ4n) is 2.48. The van der Waals surface area contributed by atoms with Gasteiger partial charge in [-0.05, 0) is 0 Å². The average molecular weight is 359 g/mol. The molecule has 22 heavy (non-hydrogen) atoms. The van der Waals surface area contributed by atoms with Crippen LogP contribution in [0.1, 0.15) is 11.6 Å². The summed E-state index contributed by atoms with van der Waals surface area (Å²) in [5, 5.41) is 3.41. The van der Waals surface area contributed by atoms with Crippen LogP contribution in [-0.4, -0.2) is 31.2 Å². The third-order valence-corrected chi connectivity index (χ3v) is 6.07. The minimum atomic E-state index is -0.465. The molecule has 1 N–H and O–H groups in total. The molecule has 3 aromatic rings. The van der Waals surface area contributed by atoms with Gasteiger partial charge in [0.05, 0.1) is 0 Å². The summed E-state index contributed by atoms with van der Waals surface area (Å²) in [6, 6.07) is 16.9. The van der Waals surface area contributed by atoms with Gasteiger partial charge in [0.25, 0.3) is 0 Å². The Labute approximate surface area is 134 Å². The van der Waals surface area contributed by atoms with Gasteiger partial charge in [0, 0.05) is 0 Å². The first-order valence-electron chi connectivity index (χ1n) is 7.07. The van der Waals surface area contributed by atoms with E-state index in [1.807, 2.05) is 54.6 Å². The fourth-order valence-corrected chi connectivity index (χ4v) is 4.75. The second-order valence-electron chi connectivity index (χ2n) is 5.04. The number of nitrogens with one attached hydrogen (secondary N) is 1. The number of fused-ring (bicyclic) bond motifs is 1. The van der Waals surface area contributed by atoms with E-state index in [0.717, 1.165) is 15.2 Å². The van der Waals surface area contributed by atoms with Crippen LogP contribution in [0.5, 0.6) is 0 Å². The summed E-state index contributed by atoms with van der Waals surface area (Å²) in [5.74, 6) is -0.119. The van der Waals surface area contributed by atoms with Crippen LogP contribution < -0.4 is 10.9 Å². The summed E-state index contributed by atoms with van der Waals surface area (Å²) in [6.07, 6.45) is 0.530. The summed E-state index contributed by atoms with van der Waals surface area (Å²) < 4.78 is 2.77. The third kappa shape index (κ3) is 2.78. The van der Waals surface area contributed by atoms with Crippen molar-refractivity contribution >= 4 is 30.3 Å². The van der Waals surface area contributed by atoms with E-state index in [-0.39, 0.29) is 26.2 Å². The van der Waals surface area contributed by atoms with Crippen molar-refractivity contribution in [3.63, 3.8) is 0 Å². The molecule has 0 spiro atoms. The van der Waals surface area contributed by atoms with Crippen molar-refractivity contribution in [1.82, 2.24) is 8.88 Å². The van der Waals surface area contributed by atoms with Crippen LogP contribution in [0.2, 0.25) is 0 Å². The first kappa shape index (κ1) is 14.8. The molecule has 0 fully saturated rings. The van der Waals surface area contributed by atoms with Gasteiger partial charge in [0.15, 0.2) is 0 Å². The predicted octanol–water partition coefficient (Wildman–Crippen LogP) is 1.59. The second kappa shape index (κ2) is 6.34. The summed E-state index contributed by atoms with van der Waals surface area (Å²) in [6.45, 7) is 0. The molecular weight excluding hydrogens is 343 g/mol. The zero-order chi connectivity index (χ0) is 15.5. The van der Waals surface area contributed by atoms with Crippen molar-refractivity contribution in [2.24, 2.45) is 0 Å². The van der Waals surface area contributed by atoms with E-state index in [0.29, 0.717) is 6.42 Å². The zero-order valence-corrected chi connectivity index (χ0v) is 13.9. The number of carbonyl (C=O) groups excluding carboxylic acids is 1. The average Bonchev–Trinajstić information content (AvgIpc) is 2.90. The minimum absolute atomic E-state index is 0.0415. The number of amides is 1. The maximum atomic E-state index is 12.6. The molecule has 0 aliphatic carbocycles. The van der Waals surface area contributed by atoms with E-state index in [9.17, 15) is 9.59 Å². The molecule has 0 unspecified atom stereocenters. The Morgan fingerprint density at radius 2 is 1.82 bits per heavy atom. The molecule has 2 aromatic carbocycles. The van der Waals surface area contributed by atoms with Crippen LogP contribution in [0.25, 0.3) is 9.65 Å². The van der Waals surface area contributed by atoms with E-state index in [4.69, 9.17) is 0 Å². The number of rotatable bonds is 4. The number of benzene rings is 2. The number of hydrogen-bond donors (Lipinski definition) is 1. The van der Waals surface area contributed by atoms with Gasteiger partial charge in [-0.2, -0.15) is 0 Å². The normalized spacial score (nSPS) is 12.2. The van der Waals surface area contributed by atoms with Gasteiger partial charge in [0.2, 0.25) is 0 Å². The van der Waals surface area contributed by atoms with Gasteiger partial charge in [0.1, 0.15) is 0 Å². The van der Waals surface area contributed by atoms with Crippen molar-refractivity contribution in [1.29, 1.82) is 0 Å². The van der Waals surface area contributed by atoms with Crippen molar-refractivity contribution in [2.45, 2.75) is 12.5 Å². The first-order chi connectivity index (χ1) is 10.7. The topological polar surface area (TPSA) is 51.1 Å². The molecule has 1 aromatic heterocycles. The van der Waals surface area contributed by atoms with Crippen molar-refractivity contribution in [3.8, 4) is 0 Å². The van der Waals surface area contributed by atoms with Gasteiger partial charge >= 0.3 is 134 Å². The van der Waals surface area contributed by atoms with E-state index in [2.05, 4.69) is 5.32 Å². The summed E-state index contributed by atoms with van der Waals surface area (Å²) in [5.41, 5.74) is 1.01. The van der Waals surface area contributed by atoms with Gasteiger partial charge in [-0.15, -0.1) is 0 Å². The zero-order valence-electron chi connectivity index (χ0n) is 12.2. The molecule has 1 atom stereocenters. The predicted molar refractivity (Wildman–Crippen MR) is 88.4 cm³/mol. The quantitative estimate of drug-likeness (QED) is 0.720. The molecule has 0 bridgehead atoms. The van der Waals surface area contributed by atoms with Crippen LogP contribution >= 0.6 is 0 Å². The SMILES string of the molecule is CNC(=O)[C@H](Cc1ccccc1)n1[se]c2ccccc2c1=O. The summed E-state index contributed by atoms with van der Waals surface area (Å²) in [4.78, 5) is 24.9. The molecule has 0 aliphatic rings. The molecule has 0 saturated carbocycles. The van der Waals surface area contributed by atoms with Crippen molar-refractivity contribution < 1.29 is 4.79 Å². The molecule has 0 aliphatic heterocycles. The van der Waals surface area contributed by atoms with Crippen LogP contribution in [0.3, 0.4) is 0 Å². The standard InChI is InChI=1S/C17H16N2O2Se/c1-18-16(20)14(11-12-7-3-2-4-8-12)19-17(21)13-9-5-6-10-15(13)22-19/h2-10,14H,11H2,1H3,(H,18,20)/t14-/m0/s1. The fraction of sp³-hybridized carbons (Fsp3) is 0.176. The summed E-state index contributed by atoms with van der Waals surface area (Å²) >= 11 is -0.153. The van der Waals surface area contributed by atoms with Gasteiger partial charge in [-0.25, -0.2) is 0 Å². The van der Waals surface area contributed by atoms with E-state index in [1.165, 1.54) is 0 Å². The van der Waals surface area contributed by atoms with Crippen LogP contribution in [0.4, 0.5) is 0 Å². The Morgan fingerprint density at radius 3 is 2.50 bits per heavy atom. The molecular formula is C17H16N2O2Se. The van der Waals surface area contributed by atoms with Gasteiger partial charge in [-0.3, -0.25) is 0 Å². The Bertz CT molecular complexity index is 852. The van der Waals surface area contributed by atoms with E-state index in [1.54, 1.807) is 10.6 Å². The van der Waals surface area contributed by atoms with Crippen molar-refractivity contribution in [2.75, 3.05) is 7.05 Å². The first-order valence-corrected chi connectivity index (χ1v) is 8.69. The molecule has 5 heteroatoms. The van der Waals surface area contributed by atoms with Gasteiger partial charge in [-0.1, -0.05) is 0 Å². The van der Waals surface area contributed by atoms with Crippen LogP contribution in [0.15, 0.2) is 59.4 Å². The van der Waals surface area contributed by atoms with E-state index >= 15 is 0 Å². The Morgan fingerprint density at radius 1 is 1.14 bits per heavy atom. The molecule has 3 rings (SSSR count). The maximum absolute atomic E-state index is 12.6. The number of carbonyl (C=O) groups is 1. The number of likely N-dealkylation sites (N-methyl/N-ethyl adjacent to an activating group) is 1. The molecule has 1 amide bonds. The monoisotopic (exact) mass is 360 g/mol. The number of nitrogens with zero attached hydrogens (tertiary/aromatic N) is 1. The molecule has 1 heterocycles. The Kier molecular flexibility index (Phi) is 4.27. The Hall–Kier alpha value is -2.10.